The highest BCUT2D eigenvalue weighted by Gasteiger charge is 2.25. The van der Waals surface area contributed by atoms with E-state index < -0.39 is 14.0 Å². The molecule has 0 saturated heterocycles. The van der Waals surface area contributed by atoms with Crippen LogP contribution in [0.3, 0.4) is 0 Å². The largest absolute Gasteiger partial charge is 0.461 e. The number of rotatable bonds is 19. The van der Waals surface area contributed by atoms with Gasteiger partial charge in [-0.25, -0.2) is 9.78 Å². The highest BCUT2D eigenvalue weighted by molar-refractivity contribution is 7.16. The number of esters is 1. The molecule has 0 atom stereocenters. The normalized spacial score (nSPS) is 14.4. The lowest BCUT2D eigenvalue weighted by Gasteiger charge is -2.21. The topological polar surface area (TPSA) is 113 Å². The number of carbonyl (C=O) groups excluding carboxylic acids is 1. The Kier molecular flexibility index (Phi) is 14.7. The zero-order valence-electron chi connectivity index (χ0n) is 31.1. The van der Waals surface area contributed by atoms with Gasteiger partial charge in [-0.05, 0) is 75.8 Å². The molecule has 0 aliphatic heterocycles. The van der Waals surface area contributed by atoms with E-state index in [4.69, 9.17) is 28.9 Å². The average Bonchev–Trinajstić information content (AvgIpc) is 3.69. The summed E-state index contributed by atoms with van der Waals surface area (Å²) in [5.41, 5.74) is 2.32. The van der Waals surface area contributed by atoms with Gasteiger partial charge in [0, 0.05) is 46.4 Å². The van der Waals surface area contributed by atoms with Gasteiger partial charge in [-0.1, -0.05) is 62.4 Å². The lowest BCUT2D eigenvalue weighted by molar-refractivity contribution is 0.0272. The van der Waals surface area contributed by atoms with E-state index in [9.17, 15) is 4.79 Å². The van der Waals surface area contributed by atoms with Crippen LogP contribution in [0.2, 0.25) is 25.7 Å². The quantitative estimate of drug-likeness (QED) is 0.0529. The number of hydrogen-bond acceptors (Lipinski definition) is 12. The van der Waals surface area contributed by atoms with E-state index in [0.29, 0.717) is 61.5 Å². The zero-order valence-corrected chi connectivity index (χ0v) is 33.7. The van der Waals surface area contributed by atoms with Crippen molar-refractivity contribution in [3.63, 3.8) is 0 Å². The first-order valence-corrected chi connectivity index (χ1v) is 23.6. The van der Waals surface area contributed by atoms with Crippen molar-refractivity contribution in [1.29, 1.82) is 0 Å². The van der Waals surface area contributed by atoms with Crippen molar-refractivity contribution in [3.8, 4) is 0 Å². The molecule has 5 rings (SSSR count). The number of thiazole rings is 2. The third kappa shape index (κ3) is 11.2. The van der Waals surface area contributed by atoms with E-state index in [0.717, 1.165) is 63.8 Å². The minimum Gasteiger partial charge on any atom is -0.461 e. The predicted molar refractivity (Wildman–Crippen MR) is 209 cm³/mol. The molecule has 1 aliphatic rings. The second kappa shape index (κ2) is 19.2. The van der Waals surface area contributed by atoms with Gasteiger partial charge >= 0.3 is 5.97 Å². The van der Waals surface area contributed by atoms with Crippen LogP contribution in [0.1, 0.15) is 72.8 Å². The molecular weight excluding hydrogens is 701 g/mol. The summed E-state index contributed by atoms with van der Waals surface area (Å²) in [6, 6.07) is 11.4. The van der Waals surface area contributed by atoms with Crippen molar-refractivity contribution < 1.29 is 23.7 Å². The summed E-state index contributed by atoms with van der Waals surface area (Å²) >= 11 is 3.11. The fourth-order valence-corrected chi connectivity index (χ4v) is 8.84. The van der Waals surface area contributed by atoms with Gasteiger partial charge in [0.2, 0.25) is 0 Å². The van der Waals surface area contributed by atoms with Gasteiger partial charge in [0.25, 0.3) is 0 Å². The first kappa shape index (κ1) is 39.2. The molecule has 278 valence electrons. The van der Waals surface area contributed by atoms with Crippen LogP contribution in [0.15, 0.2) is 35.3 Å². The van der Waals surface area contributed by atoms with Crippen LogP contribution >= 0.6 is 22.7 Å². The predicted octanol–water partition coefficient (Wildman–Crippen LogP) is 8.44. The van der Waals surface area contributed by atoms with Gasteiger partial charge in [-0.3, -0.25) is 4.57 Å². The maximum Gasteiger partial charge on any atom is 0.358 e. The molecule has 1 aliphatic carbocycles. The van der Waals surface area contributed by atoms with Gasteiger partial charge in [0.1, 0.15) is 6.73 Å². The first-order chi connectivity index (χ1) is 24.7. The Morgan fingerprint density at radius 3 is 2.61 bits per heavy atom. The van der Waals surface area contributed by atoms with Gasteiger partial charge in [0.05, 0.1) is 22.9 Å². The standard InChI is InChI=1S/C37H54N6O5S2Si/c1-7-47-35(44)33-31(19-13-22-48-28-15-9-8-10-16-28)50-36(38-33)42(20-14-21-45-3)32-25-27(2)34(41-40-32)39-37-43(26-46-23-24-51(4,5)6)29-17-11-12-18-30(29)49-37/h11-12,17-18,25,28H,7-10,13-16,19-24,26H2,1-6H3. The molecule has 0 N–H and O–H groups in total. The van der Waals surface area contributed by atoms with Gasteiger partial charge in [-0.2, -0.15) is 4.99 Å². The van der Waals surface area contributed by atoms with Crippen LogP contribution < -0.4 is 9.70 Å². The maximum atomic E-state index is 13.1. The number of ether oxygens (including phenoxy) is 4. The number of methoxy groups -OCH3 is 1. The molecule has 0 spiro atoms. The lowest BCUT2D eigenvalue weighted by Crippen LogP contribution is -2.23. The molecule has 1 fully saturated rings. The number of aromatic nitrogens is 4. The number of benzene rings is 1. The van der Waals surface area contributed by atoms with Crippen molar-refractivity contribution >= 4 is 63.7 Å². The van der Waals surface area contributed by atoms with Crippen molar-refractivity contribution in [1.82, 2.24) is 19.7 Å². The Hall–Kier alpha value is -3.01. The van der Waals surface area contributed by atoms with Crippen LogP contribution in [0.4, 0.5) is 16.8 Å². The summed E-state index contributed by atoms with van der Waals surface area (Å²) in [4.78, 5) is 26.6. The molecule has 3 aromatic heterocycles. The lowest BCUT2D eigenvalue weighted by atomic mass is 9.98. The third-order valence-corrected chi connectivity index (χ3v) is 12.7. The SMILES string of the molecule is CCOC(=O)c1nc(N(CCCOC)c2cc(C)c(N=c3sc4ccccc4n3COCC[Si](C)(C)C)nn2)sc1CCCOC1CCCCC1. The number of para-hydroxylation sites is 1. The Morgan fingerprint density at radius 1 is 1.06 bits per heavy atom. The molecule has 0 unspecified atom stereocenters. The number of fused-ring (bicyclic) bond motifs is 1. The van der Waals surface area contributed by atoms with Crippen LogP contribution in [-0.4, -0.2) is 80.0 Å². The van der Waals surface area contributed by atoms with Gasteiger partial charge in [0.15, 0.2) is 27.3 Å². The summed E-state index contributed by atoms with van der Waals surface area (Å²) in [5.74, 6) is 0.776. The van der Waals surface area contributed by atoms with E-state index >= 15 is 0 Å². The van der Waals surface area contributed by atoms with Gasteiger partial charge < -0.3 is 23.8 Å². The minimum absolute atomic E-state index is 0.285. The molecule has 3 heterocycles. The monoisotopic (exact) mass is 754 g/mol. The Morgan fingerprint density at radius 2 is 1.86 bits per heavy atom. The van der Waals surface area contributed by atoms with E-state index in [1.54, 1.807) is 18.4 Å². The van der Waals surface area contributed by atoms with Crippen molar-refractivity contribution in [3.05, 3.63) is 51.3 Å². The van der Waals surface area contributed by atoms with E-state index in [1.807, 2.05) is 36.9 Å². The van der Waals surface area contributed by atoms with E-state index in [1.165, 1.54) is 30.6 Å². The third-order valence-electron chi connectivity index (χ3n) is 8.80. The Balaban J connectivity index is 1.40. The average molecular weight is 755 g/mol. The number of hydrogen-bond donors (Lipinski definition) is 0. The summed E-state index contributed by atoms with van der Waals surface area (Å²) in [6.45, 7) is 14.1. The molecular formula is C37H54N6O5S2Si. The summed E-state index contributed by atoms with van der Waals surface area (Å²) in [5, 5.41) is 9.96. The number of anilines is 2. The summed E-state index contributed by atoms with van der Waals surface area (Å²) in [7, 11) is 0.486. The number of carbonyl (C=O) groups is 1. The summed E-state index contributed by atoms with van der Waals surface area (Å²) in [6.07, 6.45) is 8.64. The Bertz CT molecular complexity index is 1780. The minimum atomic E-state index is -1.21. The molecule has 0 radical (unpaired) electrons. The first-order valence-electron chi connectivity index (χ1n) is 18.3. The fourth-order valence-electron chi connectivity index (χ4n) is 5.94. The number of aryl methyl sites for hydroxylation is 2. The molecule has 0 bridgehead atoms. The van der Waals surface area contributed by atoms with Crippen LogP contribution in [0.5, 0.6) is 0 Å². The van der Waals surface area contributed by atoms with Crippen LogP contribution in [0, 0.1) is 6.92 Å². The fraction of sp³-hybridized carbons (Fsp3) is 0.595. The maximum absolute atomic E-state index is 13.1. The van der Waals surface area contributed by atoms with Crippen molar-refractivity contribution in [2.75, 3.05) is 45.0 Å². The van der Waals surface area contributed by atoms with Crippen LogP contribution in [-0.2, 0) is 32.1 Å². The molecule has 51 heavy (non-hydrogen) atoms. The molecule has 1 saturated carbocycles. The molecule has 11 nitrogen and oxygen atoms in total. The highest BCUT2D eigenvalue weighted by atomic mass is 32.1. The molecule has 4 aromatic rings. The Labute approximate surface area is 311 Å². The zero-order chi connectivity index (χ0) is 36.2. The molecule has 1 aromatic carbocycles. The summed E-state index contributed by atoms with van der Waals surface area (Å²) < 4.78 is 26.4. The second-order valence-corrected chi connectivity index (χ2v) is 21.9. The number of nitrogens with zero attached hydrogens (tertiary/aromatic N) is 6. The van der Waals surface area contributed by atoms with Crippen molar-refractivity contribution in [2.24, 2.45) is 4.99 Å². The molecule has 0 amide bonds. The highest BCUT2D eigenvalue weighted by Crippen LogP contribution is 2.34. The smallest absolute Gasteiger partial charge is 0.358 e. The van der Waals surface area contributed by atoms with Crippen LogP contribution in [0.25, 0.3) is 10.2 Å². The van der Waals surface area contributed by atoms with Crippen molar-refractivity contribution in [2.45, 2.75) is 104 Å². The van der Waals surface area contributed by atoms with E-state index in [2.05, 4.69) is 46.5 Å². The van der Waals surface area contributed by atoms with E-state index in [-0.39, 0.29) is 6.61 Å². The molecule has 14 heteroatoms. The van der Waals surface area contributed by atoms with Gasteiger partial charge in [-0.15, -0.1) is 21.5 Å². The second-order valence-electron chi connectivity index (χ2n) is 14.2.